The summed E-state index contributed by atoms with van der Waals surface area (Å²) in [4.78, 5) is 11.3. The Hall–Kier alpha value is -1.40. The molecule has 0 aliphatic heterocycles. The second-order valence-corrected chi connectivity index (χ2v) is 5.59. The molecule has 0 aliphatic rings. The molecule has 0 radical (unpaired) electrons. The lowest BCUT2D eigenvalue weighted by Gasteiger charge is -2.12. The van der Waals surface area contributed by atoms with Gasteiger partial charge in [-0.15, -0.1) is 0 Å². The van der Waals surface area contributed by atoms with Gasteiger partial charge in [0.2, 0.25) is 10.0 Å². The van der Waals surface area contributed by atoms with E-state index in [0.29, 0.717) is 5.56 Å². The van der Waals surface area contributed by atoms with E-state index < -0.39 is 22.0 Å². The molecule has 100 valence electrons. The van der Waals surface area contributed by atoms with Crippen LogP contribution < -0.4 is 4.72 Å². The van der Waals surface area contributed by atoms with E-state index in [1.165, 1.54) is 6.92 Å². The standard InChI is InChI=1S/C12H17NO4S/c1-3-17-12(14)10(2)13-18(15,16)9-11-7-5-4-6-8-11/h4-8,10,13H,3,9H2,1-2H3. The number of nitrogens with one attached hydrogen (secondary N) is 1. The highest BCUT2D eigenvalue weighted by Gasteiger charge is 2.21. The Balaban J connectivity index is 2.63. The second-order valence-electron chi connectivity index (χ2n) is 3.84. The van der Waals surface area contributed by atoms with Gasteiger partial charge in [0.15, 0.2) is 0 Å². The highest BCUT2D eigenvalue weighted by molar-refractivity contribution is 7.88. The molecule has 1 N–H and O–H groups in total. The van der Waals surface area contributed by atoms with Crippen LogP contribution in [0.5, 0.6) is 0 Å². The highest BCUT2D eigenvalue weighted by atomic mass is 32.2. The molecule has 0 aliphatic carbocycles. The summed E-state index contributed by atoms with van der Waals surface area (Å²) < 4.78 is 30.6. The average Bonchev–Trinajstić information content (AvgIpc) is 2.29. The number of rotatable bonds is 6. The molecular formula is C12H17NO4S. The van der Waals surface area contributed by atoms with E-state index in [4.69, 9.17) is 4.74 Å². The first-order valence-corrected chi connectivity index (χ1v) is 7.30. The lowest BCUT2D eigenvalue weighted by Crippen LogP contribution is -2.40. The molecule has 18 heavy (non-hydrogen) atoms. The SMILES string of the molecule is CCOC(=O)C(C)NS(=O)(=O)Cc1ccccc1. The smallest absolute Gasteiger partial charge is 0.323 e. The number of carbonyl (C=O) groups is 1. The highest BCUT2D eigenvalue weighted by Crippen LogP contribution is 2.05. The van der Waals surface area contributed by atoms with E-state index in [1.54, 1.807) is 31.2 Å². The molecule has 1 unspecified atom stereocenters. The quantitative estimate of drug-likeness (QED) is 0.785. The van der Waals surface area contributed by atoms with Gasteiger partial charge in [-0.1, -0.05) is 30.3 Å². The molecule has 0 heterocycles. The number of sulfonamides is 1. The van der Waals surface area contributed by atoms with Gasteiger partial charge in [-0.2, -0.15) is 0 Å². The number of carbonyl (C=O) groups excluding carboxylic acids is 1. The first-order chi connectivity index (χ1) is 8.44. The largest absolute Gasteiger partial charge is 0.465 e. The minimum atomic E-state index is -3.55. The van der Waals surface area contributed by atoms with Gasteiger partial charge in [-0.25, -0.2) is 13.1 Å². The Morgan fingerprint density at radius 2 is 1.94 bits per heavy atom. The Labute approximate surface area is 107 Å². The van der Waals surface area contributed by atoms with Crippen molar-refractivity contribution in [2.75, 3.05) is 6.61 Å². The van der Waals surface area contributed by atoms with Crippen molar-refractivity contribution in [1.82, 2.24) is 4.72 Å². The van der Waals surface area contributed by atoms with Crippen molar-refractivity contribution in [1.29, 1.82) is 0 Å². The van der Waals surface area contributed by atoms with E-state index in [-0.39, 0.29) is 12.4 Å². The van der Waals surface area contributed by atoms with E-state index in [1.807, 2.05) is 6.07 Å². The fraction of sp³-hybridized carbons (Fsp3) is 0.417. The summed E-state index contributed by atoms with van der Waals surface area (Å²) in [5.41, 5.74) is 0.668. The summed E-state index contributed by atoms with van der Waals surface area (Å²) in [6, 6.07) is 7.89. The summed E-state index contributed by atoms with van der Waals surface area (Å²) in [7, 11) is -3.55. The molecule has 6 heteroatoms. The molecule has 0 amide bonds. The lowest BCUT2D eigenvalue weighted by molar-refractivity contribution is -0.144. The van der Waals surface area contributed by atoms with Gasteiger partial charge in [0.1, 0.15) is 6.04 Å². The fourth-order valence-corrected chi connectivity index (χ4v) is 2.77. The maximum Gasteiger partial charge on any atom is 0.323 e. The van der Waals surface area contributed by atoms with E-state index in [0.717, 1.165) is 0 Å². The third-order valence-electron chi connectivity index (χ3n) is 2.20. The topological polar surface area (TPSA) is 72.5 Å². The molecule has 0 aromatic heterocycles. The van der Waals surface area contributed by atoms with Gasteiger partial charge >= 0.3 is 5.97 Å². The summed E-state index contributed by atoms with van der Waals surface area (Å²) in [5.74, 6) is -0.730. The van der Waals surface area contributed by atoms with Crippen LogP contribution in [0.4, 0.5) is 0 Å². The summed E-state index contributed by atoms with van der Waals surface area (Å²) in [6.07, 6.45) is 0. The minimum Gasteiger partial charge on any atom is -0.465 e. The minimum absolute atomic E-state index is 0.155. The van der Waals surface area contributed by atoms with Crippen LogP contribution in [0.2, 0.25) is 0 Å². The monoisotopic (exact) mass is 271 g/mol. The van der Waals surface area contributed by atoms with Crippen LogP contribution in [0, 0.1) is 0 Å². The third kappa shape index (κ3) is 4.85. The van der Waals surface area contributed by atoms with Crippen LogP contribution in [0.25, 0.3) is 0 Å². The van der Waals surface area contributed by atoms with Crippen LogP contribution in [-0.4, -0.2) is 27.0 Å². The van der Waals surface area contributed by atoms with Crippen molar-refractivity contribution in [2.24, 2.45) is 0 Å². The molecule has 1 aromatic rings. The molecule has 1 aromatic carbocycles. The zero-order valence-electron chi connectivity index (χ0n) is 10.4. The van der Waals surface area contributed by atoms with Crippen molar-refractivity contribution in [3.05, 3.63) is 35.9 Å². The van der Waals surface area contributed by atoms with Crippen LogP contribution in [0.15, 0.2) is 30.3 Å². The van der Waals surface area contributed by atoms with Crippen LogP contribution >= 0.6 is 0 Å². The molecule has 5 nitrogen and oxygen atoms in total. The molecular weight excluding hydrogens is 254 g/mol. The molecule has 0 saturated heterocycles. The van der Waals surface area contributed by atoms with Gasteiger partial charge in [0, 0.05) is 0 Å². The summed E-state index contributed by atoms with van der Waals surface area (Å²) in [6.45, 7) is 3.35. The Bertz CT molecular complexity index is 484. The van der Waals surface area contributed by atoms with Gasteiger partial charge in [-0.3, -0.25) is 4.79 Å². The predicted molar refractivity (Wildman–Crippen MR) is 68.3 cm³/mol. The zero-order valence-corrected chi connectivity index (χ0v) is 11.2. The first kappa shape index (κ1) is 14.7. The molecule has 1 atom stereocenters. The Morgan fingerprint density at radius 3 is 2.50 bits per heavy atom. The predicted octanol–water partition coefficient (Wildman–Crippen LogP) is 1.06. The van der Waals surface area contributed by atoms with Gasteiger partial charge in [-0.05, 0) is 19.4 Å². The molecule has 0 fully saturated rings. The number of hydrogen-bond donors (Lipinski definition) is 1. The molecule has 0 spiro atoms. The maximum atomic E-state index is 11.8. The van der Waals surface area contributed by atoms with Crippen LogP contribution in [-0.2, 0) is 25.3 Å². The van der Waals surface area contributed by atoms with Gasteiger partial charge < -0.3 is 4.74 Å². The number of benzene rings is 1. The van der Waals surface area contributed by atoms with Crippen molar-refractivity contribution in [3.8, 4) is 0 Å². The number of hydrogen-bond acceptors (Lipinski definition) is 4. The van der Waals surface area contributed by atoms with Gasteiger partial charge in [0.25, 0.3) is 0 Å². The second kappa shape index (κ2) is 6.51. The lowest BCUT2D eigenvalue weighted by atomic mass is 10.2. The third-order valence-corrected chi connectivity index (χ3v) is 3.62. The fourth-order valence-electron chi connectivity index (χ4n) is 1.42. The van der Waals surface area contributed by atoms with Crippen molar-refractivity contribution in [3.63, 3.8) is 0 Å². The van der Waals surface area contributed by atoms with Crippen LogP contribution in [0.1, 0.15) is 19.4 Å². The van der Waals surface area contributed by atoms with E-state index in [9.17, 15) is 13.2 Å². The summed E-state index contributed by atoms with van der Waals surface area (Å²) >= 11 is 0. The number of esters is 1. The van der Waals surface area contributed by atoms with E-state index >= 15 is 0 Å². The zero-order chi connectivity index (χ0) is 13.6. The Morgan fingerprint density at radius 1 is 1.33 bits per heavy atom. The van der Waals surface area contributed by atoms with Crippen molar-refractivity contribution in [2.45, 2.75) is 25.6 Å². The first-order valence-electron chi connectivity index (χ1n) is 5.65. The van der Waals surface area contributed by atoms with Crippen molar-refractivity contribution < 1.29 is 17.9 Å². The average molecular weight is 271 g/mol. The number of ether oxygens (including phenoxy) is 1. The molecule has 0 bridgehead atoms. The maximum absolute atomic E-state index is 11.8. The van der Waals surface area contributed by atoms with Gasteiger partial charge in [0.05, 0.1) is 12.4 Å². The summed E-state index contributed by atoms with van der Waals surface area (Å²) in [5, 5.41) is 0. The van der Waals surface area contributed by atoms with Crippen LogP contribution in [0.3, 0.4) is 0 Å². The van der Waals surface area contributed by atoms with E-state index in [2.05, 4.69) is 4.72 Å². The Kier molecular flexibility index (Phi) is 5.30. The molecule has 1 rings (SSSR count). The normalized spacial score (nSPS) is 13.0. The molecule has 0 saturated carbocycles. The van der Waals surface area contributed by atoms with Crippen molar-refractivity contribution >= 4 is 16.0 Å².